The molecule has 21 heavy (non-hydrogen) atoms. The Labute approximate surface area is 148 Å². The van der Waals surface area contributed by atoms with Gasteiger partial charge in [-0.25, -0.2) is 4.98 Å². The van der Waals surface area contributed by atoms with Gasteiger partial charge in [0.2, 0.25) is 0 Å². The molecule has 2 aromatic rings. The molecule has 1 aliphatic heterocycles. The van der Waals surface area contributed by atoms with Gasteiger partial charge in [0.15, 0.2) is 11.7 Å². The molecule has 1 radical (unpaired) electrons. The smallest absolute Gasteiger partial charge is 0.182 e. The number of rotatable bonds is 2. The van der Waals surface area contributed by atoms with Crippen molar-refractivity contribution < 1.29 is 46.6 Å². The summed E-state index contributed by atoms with van der Waals surface area (Å²) in [6.45, 7) is 11.1. The number of nitrogens with zero attached hydrogens (tertiary/aromatic N) is 3. The van der Waals surface area contributed by atoms with Crippen molar-refractivity contribution in [3.8, 4) is 0 Å². The monoisotopic (exact) mass is 366 g/mol. The van der Waals surface area contributed by atoms with Crippen molar-refractivity contribution in [1.29, 1.82) is 0 Å². The maximum atomic E-state index is 13.9. The van der Waals surface area contributed by atoms with Crippen LogP contribution in [0.1, 0.15) is 19.4 Å². The van der Waals surface area contributed by atoms with Crippen molar-refractivity contribution in [3.63, 3.8) is 0 Å². The van der Waals surface area contributed by atoms with E-state index in [1.165, 1.54) is 6.20 Å². The van der Waals surface area contributed by atoms with E-state index in [0.717, 1.165) is 5.56 Å². The van der Waals surface area contributed by atoms with Crippen LogP contribution in [0, 0.1) is 26.3 Å². The Morgan fingerprint density at radius 1 is 1.38 bits per heavy atom. The summed E-state index contributed by atoms with van der Waals surface area (Å²) in [6, 6.07) is 0. The van der Waals surface area contributed by atoms with Gasteiger partial charge in [0.25, 0.3) is 0 Å². The molecule has 0 bridgehead atoms. The molecular weight excluding hydrogens is 350 g/mol. The summed E-state index contributed by atoms with van der Waals surface area (Å²) in [5, 5.41) is 0. The van der Waals surface area contributed by atoms with Crippen molar-refractivity contribution >= 4 is 11.0 Å². The van der Waals surface area contributed by atoms with E-state index in [9.17, 15) is 4.39 Å². The van der Waals surface area contributed by atoms with Crippen molar-refractivity contribution in [3.05, 3.63) is 37.5 Å². The summed E-state index contributed by atoms with van der Waals surface area (Å²) in [4.78, 5) is 7.94. The van der Waals surface area contributed by atoms with Gasteiger partial charge in [-0.1, -0.05) is 6.54 Å². The first kappa shape index (κ1) is 16.8. The zero-order valence-corrected chi connectivity index (χ0v) is 15.0. The molecule has 1 saturated heterocycles. The molecule has 0 saturated carbocycles. The number of ether oxygens (including phenoxy) is 2. The molecule has 2 aromatic heterocycles. The first-order valence-electron chi connectivity index (χ1n) is 6.39. The molecule has 0 N–H and O–H groups in total. The van der Waals surface area contributed by atoms with E-state index in [2.05, 4.69) is 16.9 Å². The number of imidazole rings is 1. The summed E-state index contributed by atoms with van der Waals surface area (Å²) in [5.74, 6) is -1.26. The average Bonchev–Trinajstić information content (AvgIpc) is 2.87. The third kappa shape index (κ3) is 3.13. The van der Waals surface area contributed by atoms with E-state index in [-0.39, 0.29) is 44.9 Å². The topological polar surface area (TPSA) is 49.2 Å². The minimum Gasteiger partial charge on any atom is -0.462 e. The molecule has 0 aliphatic carbocycles. The molecule has 3 rings (SSSR count). The molecular formula is C14H16FN3O2Y-2. The van der Waals surface area contributed by atoms with Crippen LogP contribution in [-0.4, -0.2) is 32.5 Å². The van der Waals surface area contributed by atoms with Crippen LogP contribution in [0.25, 0.3) is 11.0 Å². The van der Waals surface area contributed by atoms with Crippen LogP contribution in [0.5, 0.6) is 0 Å². The van der Waals surface area contributed by atoms with Gasteiger partial charge in [0.05, 0.1) is 0 Å². The SMILES string of the molecule is [CH2-][C@H]1OC(C)(C)O[C@H]1[CH-]n1cnc2c(C)cnc(F)c21.[Y]. The first-order chi connectivity index (χ1) is 9.37. The predicted molar refractivity (Wildman–Crippen MR) is 71.1 cm³/mol. The summed E-state index contributed by atoms with van der Waals surface area (Å²) in [5.41, 5.74) is 1.75. The third-order valence-corrected chi connectivity index (χ3v) is 3.26. The van der Waals surface area contributed by atoms with Crippen LogP contribution in [0.15, 0.2) is 12.5 Å². The van der Waals surface area contributed by atoms with Gasteiger partial charge in [-0.05, 0) is 38.8 Å². The van der Waals surface area contributed by atoms with E-state index in [4.69, 9.17) is 9.47 Å². The molecule has 1 fully saturated rings. The Bertz CT molecular complexity index is 659. The third-order valence-electron chi connectivity index (χ3n) is 3.26. The van der Waals surface area contributed by atoms with Crippen LogP contribution < -0.4 is 0 Å². The number of pyridine rings is 1. The molecule has 0 unspecified atom stereocenters. The number of fused-ring (bicyclic) bond motifs is 1. The van der Waals surface area contributed by atoms with E-state index < -0.39 is 11.7 Å². The Kier molecular flexibility index (Phi) is 4.73. The van der Waals surface area contributed by atoms with E-state index in [1.807, 2.05) is 20.8 Å². The van der Waals surface area contributed by atoms with Crippen molar-refractivity contribution in [1.82, 2.24) is 14.5 Å². The zero-order chi connectivity index (χ0) is 14.5. The van der Waals surface area contributed by atoms with E-state index in [0.29, 0.717) is 11.0 Å². The maximum absolute atomic E-state index is 13.9. The Balaban J connectivity index is 0.00000161. The zero-order valence-electron chi connectivity index (χ0n) is 12.2. The number of hydrogen-bond donors (Lipinski definition) is 0. The van der Waals surface area contributed by atoms with Gasteiger partial charge < -0.3 is 25.9 Å². The fourth-order valence-electron chi connectivity index (χ4n) is 2.39. The largest absolute Gasteiger partial charge is 0.462 e. The molecule has 0 aromatic carbocycles. The Morgan fingerprint density at radius 2 is 2.10 bits per heavy atom. The fraction of sp³-hybridized carbons (Fsp3) is 0.429. The van der Waals surface area contributed by atoms with Gasteiger partial charge in [0, 0.05) is 56.0 Å². The molecule has 7 heteroatoms. The van der Waals surface area contributed by atoms with Crippen molar-refractivity contribution in [2.45, 2.75) is 38.8 Å². The number of aromatic nitrogens is 3. The molecule has 2 atom stereocenters. The number of aryl methyl sites for hydroxylation is 1. The van der Waals surface area contributed by atoms with Gasteiger partial charge >= 0.3 is 0 Å². The molecule has 111 valence electrons. The predicted octanol–water partition coefficient (Wildman–Crippen LogP) is 2.24. The van der Waals surface area contributed by atoms with Crippen LogP contribution in [-0.2, 0) is 42.2 Å². The van der Waals surface area contributed by atoms with Crippen LogP contribution in [0.3, 0.4) is 0 Å². The van der Waals surface area contributed by atoms with E-state index in [1.54, 1.807) is 17.4 Å². The van der Waals surface area contributed by atoms with Crippen molar-refractivity contribution in [2.75, 3.05) is 0 Å². The van der Waals surface area contributed by atoms with Gasteiger partial charge in [0.1, 0.15) is 0 Å². The number of halogens is 1. The second kappa shape index (κ2) is 5.91. The minimum absolute atomic E-state index is 0. The Hall–Kier alpha value is -0.556. The second-order valence-corrected chi connectivity index (χ2v) is 5.37. The molecule has 1 aliphatic rings. The number of hydrogen-bond acceptors (Lipinski definition) is 4. The second-order valence-electron chi connectivity index (χ2n) is 5.37. The minimum atomic E-state index is -0.698. The van der Waals surface area contributed by atoms with Gasteiger partial charge in [-0.3, -0.25) is 0 Å². The van der Waals surface area contributed by atoms with Crippen LogP contribution in [0.4, 0.5) is 4.39 Å². The molecule has 0 amide bonds. The van der Waals surface area contributed by atoms with Crippen LogP contribution in [0.2, 0.25) is 0 Å². The fourth-order valence-corrected chi connectivity index (χ4v) is 2.39. The van der Waals surface area contributed by atoms with E-state index >= 15 is 0 Å². The normalized spacial score (nSPS) is 24.0. The summed E-state index contributed by atoms with van der Waals surface area (Å²) in [7, 11) is 0. The standard InChI is InChI=1S/C14H16FN3O2.Y/c1-8-5-16-13(15)12-11(8)17-7-18(12)6-10-9(2)19-14(3,4)20-10;/h5-7,9-10H,2H2,1,3-4H3;/q-2;/t9-,10+;/m1./s1. The Morgan fingerprint density at radius 3 is 2.71 bits per heavy atom. The van der Waals surface area contributed by atoms with Gasteiger partial charge in [-0.15, -0.1) is 0 Å². The summed E-state index contributed by atoms with van der Waals surface area (Å²) >= 11 is 0. The first-order valence-corrected chi connectivity index (χ1v) is 6.39. The van der Waals surface area contributed by atoms with Gasteiger partial charge in [-0.2, -0.15) is 4.39 Å². The van der Waals surface area contributed by atoms with Crippen LogP contribution >= 0.6 is 0 Å². The average molecular weight is 366 g/mol. The quantitative estimate of drug-likeness (QED) is 0.604. The summed E-state index contributed by atoms with van der Waals surface area (Å²) < 4.78 is 26.8. The molecule has 5 nitrogen and oxygen atoms in total. The molecule has 3 heterocycles. The molecule has 0 spiro atoms. The van der Waals surface area contributed by atoms with Crippen molar-refractivity contribution in [2.24, 2.45) is 0 Å². The maximum Gasteiger partial charge on any atom is 0.182 e. The summed E-state index contributed by atoms with van der Waals surface area (Å²) in [6.07, 6.45) is 2.28.